The van der Waals surface area contributed by atoms with Crippen molar-refractivity contribution in [1.29, 1.82) is 0 Å². The first kappa shape index (κ1) is 19.0. The van der Waals surface area contributed by atoms with Gasteiger partial charge in [0.1, 0.15) is 5.82 Å². The van der Waals surface area contributed by atoms with Crippen molar-refractivity contribution in [3.05, 3.63) is 42.0 Å². The Hall–Kier alpha value is -2.51. The third kappa shape index (κ3) is 4.79. The summed E-state index contributed by atoms with van der Waals surface area (Å²) in [6, 6.07) is 11.6. The standard InChI is InChI=1S/C25H33N5O2/c1-26-25(31)19-6-2-5-18(10-19)23-7-8-24(29-28-23)27-22-11-20-14-30(15-21(20)12-22)13-17-4-3-9-32-16-17/h2,5-8,10,17,20-22H,3-4,9,11-16H2,1H3,(H,26,31)(H,27,29)/t17-,20-,21+,22?/m1/s1/i13D2. The second-order valence-corrected chi connectivity index (χ2v) is 9.24. The van der Waals surface area contributed by atoms with Crippen LogP contribution in [0.4, 0.5) is 5.82 Å². The fraction of sp³-hybridized carbons (Fsp3) is 0.560. The molecule has 1 aromatic carbocycles. The Morgan fingerprint density at radius 1 is 1.22 bits per heavy atom. The number of carbonyl (C=O) groups is 1. The number of ether oxygens (including phenoxy) is 1. The van der Waals surface area contributed by atoms with Crippen LogP contribution in [0.3, 0.4) is 0 Å². The van der Waals surface area contributed by atoms with Gasteiger partial charge in [-0.15, -0.1) is 10.2 Å². The molecule has 4 atom stereocenters. The molecule has 2 aliphatic heterocycles. The van der Waals surface area contributed by atoms with Gasteiger partial charge in [0.05, 0.1) is 12.3 Å². The highest BCUT2D eigenvalue weighted by molar-refractivity contribution is 5.95. The largest absolute Gasteiger partial charge is 0.381 e. The molecule has 7 nitrogen and oxygen atoms in total. The van der Waals surface area contributed by atoms with Crippen molar-refractivity contribution in [1.82, 2.24) is 20.4 Å². The molecule has 3 aliphatic rings. The highest BCUT2D eigenvalue weighted by Gasteiger charge is 2.41. The smallest absolute Gasteiger partial charge is 0.251 e. The summed E-state index contributed by atoms with van der Waals surface area (Å²) in [5.41, 5.74) is 2.17. The minimum Gasteiger partial charge on any atom is -0.381 e. The van der Waals surface area contributed by atoms with Gasteiger partial charge in [-0.1, -0.05) is 12.1 Å². The topological polar surface area (TPSA) is 79.4 Å². The lowest BCUT2D eigenvalue weighted by Gasteiger charge is -2.27. The second-order valence-electron chi connectivity index (χ2n) is 9.24. The van der Waals surface area contributed by atoms with E-state index in [1.54, 1.807) is 13.1 Å². The molecule has 1 aromatic heterocycles. The maximum absolute atomic E-state index is 11.9. The molecule has 5 rings (SSSR count). The summed E-state index contributed by atoms with van der Waals surface area (Å²) in [6.07, 6.45) is 3.91. The summed E-state index contributed by atoms with van der Waals surface area (Å²) in [6.45, 7) is 1.65. The molecule has 3 heterocycles. The summed E-state index contributed by atoms with van der Waals surface area (Å²) < 4.78 is 23.0. The molecule has 170 valence electrons. The van der Waals surface area contributed by atoms with Crippen LogP contribution in [0, 0.1) is 17.8 Å². The summed E-state index contributed by atoms with van der Waals surface area (Å²) in [7, 11) is 1.62. The van der Waals surface area contributed by atoms with E-state index in [2.05, 4.69) is 25.7 Å². The van der Waals surface area contributed by atoms with Crippen LogP contribution in [0.25, 0.3) is 11.3 Å². The molecular formula is C25H33N5O2. The predicted molar refractivity (Wildman–Crippen MR) is 124 cm³/mol. The number of hydrogen-bond acceptors (Lipinski definition) is 6. The molecule has 0 spiro atoms. The molecule has 1 unspecified atom stereocenters. The molecule has 2 aromatic rings. The van der Waals surface area contributed by atoms with Crippen molar-refractivity contribution in [2.45, 2.75) is 31.7 Å². The van der Waals surface area contributed by atoms with Gasteiger partial charge < -0.3 is 20.3 Å². The number of likely N-dealkylation sites (tertiary alicyclic amines) is 1. The van der Waals surface area contributed by atoms with Crippen molar-refractivity contribution < 1.29 is 12.3 Å². The van der Waals surface area contributed by atoms with Crippen LogP contribution in [-0.4, -0.2) is 66.9 Å². The summed E-state index contributed by atoms with van der Waals surface area (Å²) >= 11 is 0. The Morgan fingerprint density at radius 2 is 2.06 bits per heavy atom. The van der Waals surface area contributed by atoms with Gasteiger partial charge in [0, 0.05) is 53.2 Å². The van der Waals surface area contributed by atoms with Gasteiger partial charge in [0.15, 0.2) is 0 Å². The predicted octanol–water partition coefficient (Wildman–Crippen LogP) is 3.05. The average Bonchev–Trinajstić information content (AvgIpc) is 3.44. The normalized spacial score (nSPS) is 29.2. The monoisotopic (exact) mass is 437 g/mol. The molecule has 2 saturated heterocycles. The summed E-state index contributed by atoms with van der Waals surface area (Å²) in [5, 5.41) is 14.9. The number of nitrogens with one attached hydrogen (secondary N) is 2. The van der Waals surface area contributed by atoms with Crippen LogP contribution in [0.15, 0.2) is 36.4 Å². The summed E-state index contributed by atoms with van der Waals surface area (Å²) in [5.74, 6) is 1.62. The van der Waals surface area contributed by atoms with E-state index in [0.29, 0.717) is 30.0 Å². The van der Waals surface area contributed by atoms with Crippen molar-refractivity contribution in [2.24, 2.45) is 17.8 Å². The summed E-state index contributed by atoms with van der Waals surface area (Å²) in [4.78, 5) is 14.0. The SMILES string of the molecule is [2H]C([2H])([C@H]1CCCOC1)N1C[C@H]2CC(Nc3ccc(-c4cccc(C(=O)NC)c4)nn3)C[C@H]2C1. The number of aromatic nitrogens is 2. The van der Waals surface area contributed by atoms with Gasteiger partial charge in [0.2, 0.25) is 0 Å². The minimum atomic E-state index is -1.29. The zero-order valence-electron chi connectivity index (χ0n) is 20.6. The van der Waals surface area contributed by atoms with E-state index >= 15 is 0 Å². The van der Waals surface area contributed by atoms with E-state index in [1.807, 2.05) is 30.3 Å². The molecular weight excluding hydrogens is 402 g/mol. The Labute approximate surface area is 192 Å². The fourth-order valence-corrected chi connectivity index (χ4v) is 5.36. The number of nitrogens with zero attached hydrogens (tertiary/aromatic N) is 3. The molecule has 1 saturated carbocycles. The minimum absolute atomic E-state index is 0.0279. The Kier molecular flexibility index (Phi) is 5.67. The number of hydrogen-bond donors (Lipinski definition) is 2. The molecule has 2 N–H and O–H groups in total. The van der Waals surface area contributed by atoms with Crippen molar-refractivity contribution >= 4 is 11.7 Å². The average molecular weight is 438 g/mol. The van der Waals surface area contributed by atoms with E-state index in [4.69, 9.17) is 7.48 Å². The highest BCUT2D eigenvalue weighted by Crippen LogP contribution is 2.39. The fourth-order valence-electron chi connectivity index (χ4n) is 5.36. The van der Waals surface area contributed by atoms with E-state index in [1.165, 1.54) is 0 Å². The lowest BCUT2D eigenvalue weighted by Crippen LogP contribution is -2.33. The van der Waals surface area contributed by atoms with E-state index < -0.39 is 6.50 Å². The van der Waals surface area contributed by atoms with Crippen molar-refractivity contribution in [3.63, 3.8) is 0 Å². The van der Waals surface area contributed by atoms with Crippen LogP contribution < -0.4 is 10.6 Å². The quantitative estimate of drug-likeness (QED) is 0.723. The Morgan fingerprint density at radius 3 is 2.75 bits per heavy atom. The molecule has 7 heteroatoms. The van der Waals surface area contributed by atoms with Crippen LogP contribution >= 0.6 is 0 Å². The van der Waals surface area contributed by atoms with Crippen molar-refractivity contribution in [2.75, 3.05) is 45.2 Å². The van der Waals surface area contributed by atoms with E-state index in [0.717, 1.165) is 62.5 Å². The molecule has 1 aliphatic carbocycles. The van der Waals surface area contributed by atoms with Crippen LogP contribution in [0.1, 0.15) is 38.8 Å². The van der Waals surface area contributed by atoms with E-state index in [9.17, 15) is 4.79 Å². The number of anilines is 1. The molecule has 3 fully saturated rings. The zero-order chi connectivity index (χ0) is 23.7. The number of fused-ring (bicyclic) bond motifs is 1. The zero-order valence-corrected chi connectivity index (χ0v) is 18.6. The third-order valence-corrected chi connectivity index (χ3v) is 6.94. The maximum Gasteiger partial charge on any atom is 0.251 e. The Balaban J connectivity index is 1.17. The molecule has 1 amide bonds. The molecule has 32 heavy (non-hydrogen) atoms. The number of amides is 1. The first-order chi connectivity index (χ1) is 16.4. The Bertz CT molecular complexity index is 999. The maximum atomic E-state index is 11.9. The number of benzene rings is 1. The van der Waals surface area contributed by atoms with Crippen molar-refractivity contribution in [3.8, 4) is 11.3 Å². The lowest BCUT2D eigenvalue weighted by atomic mass is 10.0. The lowest BCUT2D eigenvalue weighted by molar-refractivity contribution is 0.0407. The third-order valence-electron chi connectivity index (χ3n) is 6.94. The molecule has 0 bridgehead atoms. The number of rotatable bonds is 6. The first-order valence-corrected chi connectivity index (χ1v) is 11.7. The van der Waals surface area contributed by atoms with Gasteiger partial charge in [-0.3, -0.25) is 4.79 Å². The van der Waals surface area contributed by atoms with Gasteiger partial charge in [-0.2, -0.15) is 0 Å². The van der Waals surface area contributed by atoms with Gasteiger partial charge in [-0.25, -0.2) is 0 Å². The van der Waals surface area contributed by atoms with Crippen LogP contribution in [-0.2, 0) is 4.74 Å². The van der Waals surface area contributed by atoms with Crippen LogP contribution in [0.2, 0.25) is 0 Å². The second kappa shape index (κ2) is 9.55. The number of carbonyl (C=O) groups excluding carboxylic acids is 1. The highest BCUT2D eigenvalue weighted by atomic mass is 16.5. The van der Waals surface area contributed by atoms with Gasteiger partial charge >= 0.3 is 0 Å². The van der Waals surface area contributed by atoms with E-state index in [-0.39, 0.29) is 11.8 Å². The van der Waals surface area contributed by atoms with Crippen LogP contribution in [0.5, 0.6) is 0 Å². The first-order valence-electron chi connectivity index (χ1n) is 12.7. The molecule has 0 radical (unpaired) electrons. The van der Waals surface area contributed by atoms with Gasteiger partial charge in [-0.05, 0) is 67.7 Å². The van der Waals surface area contributed by atoms with Gasteiger partial charge in [0.25, 0.3) is 5.91 Å².